The Morgan fingerprint density at radius 3 is 2.09 bits per heavy atom. The maximum atomic E-state index is 12.8. The number of nitrogens with one attached hydrogen (secondary N) is 2. The molecule has 2 N–H and O–H groups in total. The van der Waals surface area contributed by atoms with Crippen LogP contribution in [0.3, 0.4) is 0 Å². The Balaban J connectivity index is 1.34. The number of nitrogens with zero attached hydrogens (tertiary/aromatic N) is 3. The van der Waals surface area contributed by atoms with Crippen molar-refractivity contribution in [2.24, 2.45) is 0 Å². The van der Waals surface area contributed by atoms with Gasteiger partial charge in [0.15, 0.2) is 0 Å². The summed E-state index contributed by atoms with van der Waals surface area (Å²) < 4.78 is 29.9. The van der Waals surface area contributed by atoms with Crippen LogP contribution in [0.15, 0.2) is 58.2 Å². The van der Waals surface area contributed by atoms with Gasteiger partial charge in [-0.3, -0.25) is 29.6 Å². The molecular formula is C24H29N5O5S. The molecule has 1 aliphatic rings. The molecule has 0 radical (unpaired) electrons. The van der Waals surface area contributed by atoms with Crippen molar-refractivity contribution in [3.63, 3.8) is 0 Å². The minimum Gasteiger partial charge on any atom is -0.292 e. The predicted molar refractivity (Wildman–Crippen MR) is 131 cm³/mol. The molecule has 10 nitrogen and oxygen atoms in total. The molecule has 1 fully saturated rings. The molecule has 0 bridgehead atoms. The Bertz CT molecular complexity index is 1390. The van der Waals surface area contributed by atoms with E-state index in [9.17, 15) is 22.8 Å². The highest BCUT2D eigenvalue weighted by Crippen LogP contribution is 2.21. The van der Waals surface area contributed by atoms with Gasteiger partial charge >= 0.3 is 5.69 Å². The summed E-state index contributed by atoms with van der Waals surface area (Å²) in [6.07, 6.45) is 2.49. The Morgan fingerprint density at radius 2 is 1.49 bits per heavy atom. The van der Waals surface area contributed by atoms with Crippen LogP contribution in [0.4, 0.5) is 0 Å². The van der Waals surface area contributed by atoms with E-state index < -0.39 is 21.8 Å². The van der Waals surface area contributed by atoms with Gasteiger partial charge in [-0.15, -0.1) is 0 Å². The van der Waals surface area contributed by atoms with E-state index in [1.165, 1.54) is 28.6 Å². The number of hydrazine groups is 1. The molecule has 11 heteroatoms. The first-order chi connectivity index (χ1) is 16.8. The van der Waals surface area contributed by atoms with Gasteiger partial charge in [0.2, 0.25) is 15.9 Å². The monoisotopic (exact) mass is 499 g/mol. The van der Waals surface area contributed by atoms with Crippen molar-refractivity contribution in [2.75, 3.05) is 13.1 Å². The normalized spacial score (nSPS) is 14.3. The number of fused-ring (bicyclic) bond motifs is 1. The third-order valence-corrected chi connectivity index (χ3v) is 7.98. The van der Waals surface area contributed by atoms with Crippen molar-refractivity contribution in [2.45, 2.75) is 50.6 Å². The summed E-state index contributed by atoms with van der Waals surface area (Å²) in [4.78, 5) is 37.7. The number of sulfonamides is 1. The zero-order valence-electron chi connectivity index (χ0n) is 19.6. The molecule has 0 saturated carbocycles. The summed E-state index contributed by atoms with van der Waals surface area (Å²) in [7, 11) is -3.56. The maximum absolute atomic E-state index is 12.8. The Kier molecular flexibility index (Phi) is 7.37. The third-order valence-electron chi connectivity index (χ3n) is 6.07. The fourth-order valence-electron chi connectivity index (χ4n) is 4.26. The highest BCUT2D eigenvalue weighted by Gasteiger charge is 2.27. The van der Waals surface area contributed by atoms with Gasteiger partial charge in [-0.25, -0.2) is 13.2 Å². The summed E-state index contributed by atoms with van der Waals surface area (Å²) in [6, 6.07) is 13.0. The lowest BCUT2D eigenvalue weighted by Gasteiger charge is -2.15. The number of hydrogen-bond acceptors (Lipinski definition) is 5. The molecule has 2 amide bonds. The molecule has 0 spiro atoms. The van der Waals surface area contributed by atoms with Gasteiger partial charge < -0.3 is 0 Å². The van der Waals surface area contributed by atoms with Gasteiger partial charge in [0.25, 0.3) is 5.91 Å². The van der Waals surface area contributed by atoms with Crippen LogP contribution in [-0.2, 0) is 27.9 Å². The standard InChI is InChI=1S/C24H29N5O5S/c1-2-14-28-20-7-3-4-8-21(20)29(24(28)32)17-13-22(30)25-26-23(31)18-9-11-19(12-10-18)35(33,34)27-15-5-6-16-27/h3-4,7-12H,2,5-6,13-17H2,1H3,(H,25,30)(H,26,31). The van der Waals surface area contributed by atoms with Crippen LogP contribution in [-0.4, -0.2) is 46.8 Å². The molecule has 35 heavy (non-hydrogen) atoms. The second kappa shape index (κ2) is 10.4. The second-order valence-corrected chi connectivity index (χ2v) is 10.4. The molecule has 1 aliphatic heterocycles. The first-order valence-corrected chi connectivity index (χ1v) is 13.1. The first-order valence-electron chi connectivity index (χ1n) is 11.7. The number of rotatable bonds is 8. The minimum absolute atomic E-state index is 0.00661. The lowest BCUT2D eigenvalue weighted by molar-refractivity contribution is -0.122. The molecule has 2 aromatic carbocycles. The van der Waals surface area contributed by atoms with Crippen molar-refractivity contribution in [3.8, 4) is 0 Å². The SMILES string of the molecule is CCCn1c(=O)n(CCC(=O)NNC(=O)c2ccc(S(=O)(=O)N3CCCC3)cc2)c2ccccc21. The van der Waals surface area contributed by atoms with E-state index in [-0.39, 0.29) is 29.1 Å². The van der Waals surface area contributed by atoms with Crippen LogP contribution in [0.5, 0.6) is 0 Å². The third kappa shape index (κ3) is 5.15. The van der Waals surface area contributed by atoms with E-state index in [0.29, 0.717) is 19.6 Å². The summed E-state index contributed by atoms with van der Waals surface area (Å²) in [5, 5.41) is 0. The lowest BCUT2D eigenvalue weighted by Crippen LogP contribution is -2.42. The molecule has 0 unspecified atom stereocenters. The molecule has 1 saturated heterocycles. The first kappa shape index (κ1) is 24.7. The van der Waals surface area contributed by atoms with Crippen LogP contribution in [0.25, 0.3) is 11.0 Å². The molecule has 0 atom stereocenters. The minimum atomic E-state index is -3.56. The number of para-hydroxylation sites is 2. The summed E-state index contributed by atoms with van der Waals surface area (Å²) >= 11 is 0. The fraction of sp³-hybridized carbons (Fsp3) is 0.375. The van der Waals surface area contributed by atoms with Gasteiger partial charge in [0.05, 0.1) is 15.9 Å². The zero-order valence-corrected chi connectivity index (χ0v) is 20.4. The lowest BCUT2D eigenvalue weighted by atomic mass is 10.2. The Morgan fingerprint density at radius 1 is 0.886 bits per heavy atom. The number of aromatic nitrogens is 2. The summed E-state index contributed by atoms with van der Waals surface area (Å²) in [5.41, 5.74) is 6.31. The van der Waals surface area contributed by atoms with E-state index >= 15 is 0 Å². The van der Waals surface area contributed by atoms with Crippen molar-refractivity contribution in [1.82, 2.24) is 24.3 Å². The maximum Gasteiger partial charge on any atom is 0.329 e. The van der Waals surface area contributed by atoms with Crippen LogP contribution < -0.4 is 16.5 Å². The quantitative estimate of drug-likeness (QED) is 0.458. The van der Waals surface area contributed by atoms with Gasteiger partial charge in [0, 0.05) is 38.2 Å². The number of hydrogen-bond donors (Lipinski definition) is 2. The number of amides is 2. The van der Waals surface area contributed by atoms with Crippen LogP contribution >= 0.6 is 0 Å². The summed E-state index contributed by atoms with van der Waals surface area (Å²) in [5.74, 6) is -1.02. The smallest absolute Gasteiger partial charge is 0.292 e. The van der Waals surface area contributed by atoms with Gasteiger partial charge in [-0.1, -0.05) is 19.1 Å². The number of aryl methyl sites for hydroxylation is 2. The molecule has 3 aromatic rings. The highest BCUT2D eigenvalue weighted by molar-refractivity contribution is 7.89. The van der Waals surface area contributed by atoms with Gasteiger partial charge in [-0.05, 0) is 55.7 Å². The molecule has 2 heterocycles. The van der Waals surface area contributed by atoms with Crippen LogP contribution in [0.1, 0.15) is 43.0 Å². The number of carbonyl (C=O) groups is 2. The summed E-state index contributed by atoms with van der Waals surface area (Å²) in [6.45, 7) is 3.76. The highest BCUT2D eigenvalue weighted by atomic mass is 32.2. The molecule has 1 aromatic heterocycles. The number of imidazole rings is 1. The van der Waals surface area contributed by atoms with Gasteiger partial charge in [-0.2, -0.15) is 4.31 Å². The van der Waals surface area contributed by atoms with Crippen molar-refractivity contribution in [1.29, 1.82) is 0 Å². The van der Waals surface area contributed by atoms with Crippen LogP contribution in [0.2, 0.25) is 0 Å². The number of benzene rings is 2. The van der Waals surface area contributed by atoms with E-state index in [2.05, 4.69) is 10.9 Å². The van der Waals surface area contributed by atoms with Crippen molar-refractivity contribution in [3.05, 3.63) is 64.6 Å². The molecular weight excluding hydrogens is 470 g/mol. The van der Waals surface area contributed by atoms with E-state index in [1.54, 1.807) is 9.13 Å². The molecule has 0 aliphatic carbocycles. The van der Waals surface area contributed by atoms with E-state index in [1.807, 2.05) is 31.2 Å². The van der Waals surface area contributed by atoms with Gasteiger partial charge in [0.1, 0.15) is 0 Å². The Labute approximate surface area is 203 Å². The fourth-order valence-corrected chi connectivity index (χ4v) is 5.78. The Hall–Kier alpha value is -3.44. The van der Waals surface area contributed by atoms with Crippen LogP contribution in [0, 0.1) is 0 Å². The number of carbonyl (C=O) groups excluding carboxylic acids is 2. The largest absolute Gasteiger partial charge is 0.329 e. The average Bonchev–Trinajstić information content (AvgIpc) is 3.50. The zero-order chi connectivity index (χ0) is 25.0. The molecule has 4 rings (SSSR count). The van der Waals surface area contributed by atoms with Crippen molar-refractivity contribution >= 4 is 32.9 Å². The van der Waals surface area contributed by atoms with E-state index in [0.717, 1.165) is 30.3 Å². The topological polar surface area (TPSA) is 123 Å². The van der Waals surface area contributed by atoms with Crippen molar-refractivity contribution < 1.29 is 18.0 Å². The molecule has 186 valence electrons. The average molecular weight is 500 g/mol. The second-order valence-electron chi connectivity index (χ2n) is 8.46. The van der Waals surface area contributed by atoms with E-state index in [4.69, 9.17) is 0 Å². The predicted octanol–water partition coefficient (Wildman–Crippen LogP) is 1.85.